The van der Waals surface area contributed by atoms with Gasteiger partial charge in [-0.05, 0) is 44.4 Å². The molecule has 0 radical (unpaired) electrons. The maximum absolute atomic E-state index is 5.46. The molecule has 0 unspecified atom stereocenters. The molecule has 0 aliphatic rings. The Morgan fingerprint density at radius 3 is 2.20 bits per heavy atom. The highest BCUT2D eigenvalue weighted by Crippen LogP contribution is 2.39. The maximum Gasteiger partial charge on any atom is 0.145 e. The standard InChI is InChI=1S/C12H18BrNO/c1-6-14-11-9(4)10(13)7(2)8(3)12(11)15-5/h14H,6H2,1-5H3. The minimum atomic E-state index is 0.895. The van der Waals surface area contributed by atoms with Gasteiger partial charge in [-0.15, -0.1) is 0 Å². The van der Waals surface area contributed by atoms with Crippen LogP contribution in [0, 0.1) is 20.8 Å². The van der Waals surface area contributed by atoms with Gasteiger partial charge in [-0.1, -0.05) is 15.9 Å². The molecule has 0 amide bonds. The fraction of sp³-hybridized carbons (Fsp3) is 0.500. The van der Waals surface area contributed by atoms with E-state index in [2.05, 4.69) is 48.9 Å². The number of nitrogens with one attached hydrogen (secondary N) is 1. The molecule has 0 atom stereocenters. The minimum Gasteiger partial charge on any atom is -0.494 e. The van der Waals surface area contributed by atoms with Gasteiger partial charge in [0.1, 0.15) is 5.75 Å². The monoisotopic (exact) mass is 271 g/mol. The molecule has 0 fully saturated rings. The molecule has 0 bridgehead atoms. The number of methoxy groups -OCH3 is 1. The van der Waals surface area contributed by atoms with E-state index in [1.807, 2.05) is 0 Å². The van der Waals surface area contributed by atoms with Crippen molar-refractivity contribution < 1.29 is 4.74 Å². The van der Waals surface area contributed by atoms with Crippen LogP contribution in [-0.2, 0) is 0 Å². The molecule has 0 aliphatic carbocycles. The fourth-order valence-electron chi connectivity index (χ4n) is 1.73. The summed E-state index contributed by atoms with van der Waals surface area (Å²) >= 11 is 3.62. The molecule has 2 nitrogen and oxygen atoms in total. The fourth-order valence-corrected chi connectivity index (χ4v) is 2.22. The SMILES string of the molecule is CCNc1c(C)c(Br)c(C)c(C)c1OC. The van der Waals surface area contributed by atoms with E-state index in [9.17, 15) is 0 Å². The number of benzene rings is 1. The van der Waals surface area contributed by atoms with Crippen molar-refractivity contribution in [3.63, 3.8) is 0 Å². The van der Waals surface area contributed by atoms with Crippen molar-refractivity contribution >= 4 is 21.6 Å². The van der Waals surface area contributed by atoms with Crippen molar-refractivity contribution in [2.75, 3.05) is 19.0 Å². The van der Waals surface area contributed by atoms with E-state index in [4.69, 9.17) is 4.74 Å². The van der Waals surface area contributed by atoms with Gasteiger partial charge in [0.05, 0.1) is 12.8 Å². The predicted octanol–water partition coefficient (Wildman–Crippen LogP) is 3.81. The summed E-state index contributed by atoms with van der Waals surface area (Å²) < 4.78 is 6.63. The number of anilines is 1. The highest BCUT2D eigenvalue weighted by Gasteiger charge is 2.15. The number of ether oxygens (including phenoxy) is 1. The Morgan fingerprint density at radius 2 is 1.73 bits per heavy atom. The highest BCUT2D eigenvalue weighted by atomic mass is 79.9. The summed E-state index contributed by atoms with van der Waals surface area (Å²) in [6, 6.07) is 0. The van der Waals surface area contributed by atoms with E-state index < -0.39 is 0 Å². The first kappa shape index (κ1) is 12.4. The summed E-state index contributed by atoms with van der Waals surface area (Å²) in [6.45, 7) is 9.26. The third kappa shape index (κ3) is 2.12. The minimum absolute atomic E-state index is 0.895. The first-order valence-corrected chi connectivity index (χ1v) is 5.91. The average Bonchev–Trinajstić information content (AvgIpc) is 2.24. The van der Waals surface area contributed by atoms with Crippen LogP contribution in [0.4, 0.5) is 5.69 Å². The number of halogens is 1. The van der Waals surface area contributed by atoms with Gasteiger partial charge >= 0.3 is 0 Å². The van der Waals surface area contributed by atoms with Crippen molar-refractivity contribution in [2.45, 2.75) is 27.7 Å². The largest absolute Gasteiger partial charge is 0.494 e. The Hall–Kier alpha value is -0.700. The van der Waals surface area contributed by atoms with Gasteiger partial charge in [-0.3, -0.25) is 0 Å². The van der Waals surface area contributed by atoms with Crippen molar-refractivity contribution in [1.82, 2.24) is 0 Å². The van der Waals surface area contributed by atoms with Crippen molar-refractivity contribution in [3.05, 3.63) is 21.2 Å². The molecule has 0 saturated carbocycles. The highest BCUT2D eigenvalue weighted by molar-refractivity contribution is 9.10. The van der Waals surface area contributed by atoms with Gasteiger partial charge in [0.2, 0.25) is 0 Å². The predicted molar refractivity (Wildman–Crippen MR) is 69.1 cm³/mol. The zero-order valence-corrected chi connectivity index (χ0v) is 11.6. The smallest absolute Gasteiger partial charge is 0.145 e. The topological polar surface area (TPSA) is 21.3 Å². The van der Waals surface area contributed by atoms with Crippen LogP contribution in [0.15, 0.2) is 4.47 Å². The third-order valence-electron chi connectivity index (χ3n) is 2.72. The number of hydrogen-bond acceptors (Lipinski definition) is 2. The molecule has 3 heteroatoms. The molecule has 1 aromatic rings. The molecular weight excluding hydrogens is 254 g/mol. The Balaban J connectivity index is 3.47. The lowest BCUT2D eigenvalue weighted by molar-refractivity contribution is 0.412. The second-order valence-electron chi connectivity index (χ2n) is 3.63. The zero-order valence-electron chi connectivity index (χ0n) is 9.99. The molecule has 0 spiro atoms. The molecule has 0 aromatic heterocycles. The average molecular weight is 272 g/mol. The van der Waals surface area contributed by atoms with Crippen LogP contribution in [0.5, 0.6) is 5.75 Å². The van der Waals surface area contributed by atoms with Crippen molar-refractivity contribution in [2.24, 2.45) is 0 Å². The molecule has 1 N–H and O–H groups in total. The van der Waals surface area contributed by atoms with Gasteiger partial charge < -0.3 is 10.1 Å². The maximum atomic E-state index is 5.46. The lowest BCUT2D eigenvalue weighted by Crippen LogP contribution is -2.05. The normalized spacial score (nSPS) is 10.3. The van der Waals surface area contributed by atoms with Crippen LogP contribution in [-0.4, -0.2) is 13.7 Å². The molecule has 0 aliphatic heterocycles. The molecule has 1 rings (SSSR count). The van der Waals surface area contributed by atoms with Gasteiger partial charge in [-0.25, -0.2) is 0 Å². The van der Waals surface area contributed by atoms with Gasteiger partial charge in [0.25, 0.3) is 0 Å². The van der Waals surface area contributed by atoms with E-state index in [1.54, 1.807) is 7.11 Å². The molecule has 0 heterocycles. The quantitative estimate of drug-likeness (QED) is 0.903. The van der Waals surface area contributed by atoms with E-state index in [0.29, 0.717) is 0 Å². The van der Waals surface area contributed by atoms with Gasteiger partial charge in [0.15, 0.2) is 0 Å². The molecule has 84 valence electrons. The Kier molecular flexibility index (Phi) is 4.03. The zero-order chi connectivity index (χ0) is 11.6. The summed E-state index contributed by atoms with van der Waals surface area (Å²) in [5.41, 5.74) is 4.73. The first-order chi connectivity index (χ1) is 7.04. The van der Waals surface area contributed by atoms with Crippen LogP contribution in [0.2, 0.25) is 0 Å². The molecule has 0 saturated heterocycles. The third-order valence-corrected chi connectivity index (χ3v) is 3.91. The van der Waals surface area contributed by atoms with Crippen molar-refractivity contribution in [1.29, 1.82) is 0 Å². The first-order valence-electron chi connectivity index (χ1n) is 5.11. The van der Waals surface area contributed by atoms with Crippen LogP contribution >= 0.6 is 15.9 Å². The molecular formula is C12H18BrNO. The second-order valence-corrected chi connectivity index (χ2v) is 4.42. The number of rotatable bonds is 3. The Bertz CT molecular complexity index is 375. The summed E-state index contributed by atoms with van der Waals surface area (Å²) in [4.78, 5) is 0. The summed E-state index contributed by atoms with van der Waals surface area (Å²) in [7, 11) is 1.72. The summed E-state index contributed by atoms with van der Waals surface area (Å²) in [5, 5.41) is 3.35. The Morgan fingerprint density at radius 1 is 1.13 bits per heavy atom. The van der Waals surface area contributed by atoms with Crippen LogP contribution in [0.3, 0.4) is 0 Å². The molecule has 15 heavy (non-hydrogen) atoms. The lowest BCUT2D eigenvalue weighted by Gasteiger charge is -2.19. The summed E-state index contributed by atoms with van der Waals surface area (Å²) in [5.74, 6) is 0.954. The lowest BCUT2D eigenvalue weighted by atomic mass is 10.0. The van der Waals surface area contributed by atoms with E-state index >= 15 is 0 Å². The van der Waals surface area contributed by atoms with Gasteiger partial charge in [0, 0.05) is 11.0 Å². The van der Waals surface area contributed by atoms with Crippen LogP contribution < -0.4 is 10.1 Å². The van der Waals surface area contributed by atoms with Crippen LogP contribution in [0.25, 0.3) is 0 Å². The number of hydrogen-bond donors (Lipinski definition) is 1. The van der Waals surface area contributed by atoms with E-state index in [0.717, 1.165) is 22.5 Å². The summed E-state index contributed by atoms with van der Waals surface area (Å²) in [6.07, 6.45) is 0. The van der Waals surface area contributed by atoms with Gasteiger partial charge in [-0.2, -0.15) is 0 Å². The van der Waals surface area contributed by atoms with E-state index in [-0.39, 0.29) is 0 Å². The van der Waals surface area contributed by atoms with Crippen LogP contribution in [0.1, 0.15) is 23.6 Å². The Labute approximate surface area is 100 Å². The van der Waals surface area contributed by atoms with E-state index in [1.165, 1.54) is 16.7 Å². The van der Waals surface area contributed by atoms with Crippen molar-refractivity contribution in [3.8, 4) is 5.75 Å². The second kappa shape index (κ2) is 4.88. The molecule has 1 aromatic carbocycles.